The van der Waals surface area contributed by atoms with Crippen molar-refractivity contribution in [2.75, 3.05) is 39.0 Å². The summed E-state index contributed by atoms with van der Waals surface area (Å²) in [4.78, 5) is 14.0. The molecule has 0 aliphatic carbocycles. The summed E-state index contributed by atoms with van der Waals surface area (Å²) in [5.74, 6) is 0.435. The van der Waals surface area contributed by atoms with Crippen molar-refractivity contribution in [2.24, 2.45) is 0 Å². The van der Waals surface area contributed by atoms with Gasteiger partial charge in [-0.25, -0.2) is 0 Å². The molecular formula is C15H25N3O. The van der Waals surface area contributed by atoms with E-state index in [1.54, 1.807) is 0 Å². The lowest BCUT2D eigenvalue weighted by Crippen LogP contribution is -2.34. The van der Waals surface area contributed by atoms with E-state index in [1.165, 1.54) is 5.56 Å². The van der Waals surface area contributed by atoms with Crippen molar-refractivity contribution in [3.8, 4) is 0 Å². The molecule has 0 atom stereocenters. The number of hydrogen-bond acceptors (Lipinski definition) is 3. The van der Waals surface area contributed by atoms with Crippen molar-refractivity contribution >= 4 is 11.6 Å². The zero-order chi connectivity index (χ0) is 14.3. The first kappa shape index (κ1) is 15.7. The standard InChI is InChI=1S/C15H25N3O/c1-12(2)13-7-5-6-8-14(13)17-15(19)11-18(4)10-9-16-3/h5-8,12,16H,9-11H2,1-4H3,(H,17,19). The highest BCUT2D eigenvalue weighted by Crippen LogP contribution is 2.23. The number of amides is 1. The molecular weight excluding hydrogens is 238 g/mol. The summed E-state index contributed by atoms with van der Waals surface area (Å²) >= 11 is 0. The zero-order valence-corrected chi connectivity index (χ0v) is 12.4. The molecule has 2 N–H and O–H groups in total. The van der Waals surface area contributed by atoms with Crippen LogP contribution in [0.2, 0.25) is 0 Å². The smallest absolute Gasteiger partial charge is 0.238 e. The normalized spacial score (nSPS) is 11.1. The first-order valence-electron chi connectivity index (χ1n) is 6.76. The van der Waals surface area contributed by atoms with E-state index in [4.69, 9.17) is 0 Å². The molecule has 4 heteroatoms. The summed E-state index contributed by atoms with van der Waals surface area (Å²) in [6, 6.07) is 7.97. The monoisotopic (exact) mass is 263 g/mol. The van der Waals surface area contributed by atoms with Crippen molar-refractivity contribution in [1.82, 2.24) is 10.2 Å². The van der Waals surface area contributed by atoms with Gasteiger partial charge in [0.05, 0.1) is 6.54 Å². The van der Waals surface area contributed by atoms with Gasteiger partial charge >= 0.3 is 0 Å². The molecule has 0 spiro atoms. The summed E-state index contributed by atoms with van der Waals surface area (Å²) < 4.78 is 0. The molecule has 0 aromatic heterocycles. The molecule has 0 radical (unpaired) electrons. The Morgan fingerprint density at radius 2 is 2.00 bits per heavy atom. The number of hydrogen-bond donors (Lipinski definition) is 2. The highest BCUT2D eigenvalue weighted by atomic mass is 16.2. The summed E-state index contributed by atoms with van der Waals surface area (Å²) in [5, 5.41) is 6.07. The molecule has 0 saturated carbocycles. The minimum Gasteiger partial charge on any atom is -0.325 e. The van der Waals surface area contributed by atoms with Crippen molar-refractivity contribution in [2.45, 2.75) is 19.8 Å². The second-order valence-electron chi connectivity index (χ2n) is 5.13. The minimum absolute atomic E-state index is 0.0340. The molecule has 0 aliphatic rings. The molecule has 0 unspecified atom stereocenters. The molecule has 1 aromatic rings. The van der Waals surface area contributed by atoms with E-state index in [2.05, 4.69) is 30.5 Å². The Morgan fingerprint density at radius 3 is 2.63 bits per heavy atom. The Balaban J connectivity index is 2.57. The summed E-state index contributed by atoms with van der Waals surface area (Å²) in [6.07, 6.45) is 0. The van der Waals surface area contributed by atoms with Crippen LogP contribution in [0, 0.1) is 0 Å². The highest BCUT2D eigenvalue weighted by molar-refractivity contribution is 5.93. The lowest BCUT2D eigenvalue weighted by molar-refractivity contribution is -0.117. The molecule has 1 rings (SSSR count). The van der Waals surface area contributed by atoms with Crippen LogP contribution < -0.4 is 10.6 Å². The van der Waals surface area contributed by atoms with Crippen molar-refractivity contribution in [3.05, 3.63) is 29.8 Å². The molecule has 0 bridgehead atoms. The van der Waals surface area contributed by atoms with Crippen LogP contribution in [0.4, 0.5) is 5.69 Å². The summed E-state index contributed by atoms with van der Waals surface area (Å²) in [6.45, 7) is 6.41. The van der Waals surface area contributed by atoms with Crippen LogP contribution in [0.3, 0.4) is 0 Å². The number of para-hydroxylation sites is 1. The first-order valence-corrected chi connectivity index (χ1v) is 6.76. The maximum atomic E-state index is 12.0. The number of nitrogens with zero attached hydrogens (tertiary/aromatic N) is 1. The van der Waals surface area contributed by atoms with Gasteiger partial charge in [-0.15, -0.1) is 0 Å². The third kappa shape index (κ3) is 5.41. The summed E-state index contributed by atoms with van der Waals surface area (Å²) in [5.41, 5.74) is 2.10. The second-order valence-corrected chi connectivity index (χ2v) is 5.13. The molecule has 0 heterocycles. The van der Waals surface area contributed by atoms with E-state index in [0.29, 0.717) is 12.5 Å². The maximum Gasteiger partial charge on any atom is 0.238 e. The van der Waals surface area contributed by atoms with E-state index >= 15 is 0 Å². The Hall–Kier alpha value is -1.39. The maximum absolute atomic E-state index is 12.0. The van der Waals surface area contributed by atoms with Crippen molar-refractivity contribution in [1.29, 1.82) is 0 Å². The number of likely N-dealkylation sites (N-methyl/N-ethyl adjacent to an activating group) is 2. The SMILES string of the molecule is CNCCN(C)CC(=O)Nc1ccccc1C(C)C. The van der Waals surface area contributed by atoms with Crippen molar-refractivity contribution < 1.29 is 4.79 Å². The van der Waals surface area contributed by atoms with Crippen LogP contribution in [0.5, 0.6) is 0 Å². The largest absolute Gasteiger partial charge is 0.325 e. The zero-order valence-electron chi connectivity index (χ0n) is 12.4. The average molecular weight is 263 g/mol. The summed E-state index contributed by atoms with van der Waals surface area (Å²) in [7, 11) is 3.86. The molecule has 0 aliphatic heterocycles. The van der Waals surface area contributed by atoms with E-state index in [-0.39, 0.29) is 5.91 Å². The third-order valence-corrected chi connectivity index (χ3v) is 3.01. The Bertz CT molecular complexity index is 404. The first-order chi connectivity index (χ1) is 9.04. The van der Waals surface area contributed by atoms with Crippen LogP contribution >= 0.6 is 0 Å². The molecule has 1 aromatic carbocycles. The predicted molar refractivity (Wildman–Crippen MR) is 80.6 cm³/mol. The van der Waals surface area contributed by atoms with Gasteiger partial charge in [0.25, 0.3) is 0 Å². The topological polar surface area (TPSA) is 44.4 Å². The minimum atomic E-state index is 0.0340. The molecule has 1 amide bonds. The van der Waals surface area contributed by atoms with Crippen LogP contribution in [0.1, 0.15) is 25.3 Å². The van der Waals surface area contributed by atoms with Gasteiger partial charge in [0.2, 0.25) is 5.91 Å². The van der Waals surface area contributed by atoms with Gasteiger partial charge in [-0.2, -0.15) is 0 Å². The van der Waals surface area contributed by atoms with Gasteiger partial charge in [0.1, 0.15) is 0 Å². The fourth-order valence-electron chi connectivity index (χ4n) is 1.93. The van der Waals surface area contributed by atoms with Gasteiger partial charge in [0.15, 0.2) is 0 Å². The molecule has 19 heavy (non-hydrogen) atoms. The van der Waals surface area contributed by atoms with Crippen molar-refractivity contribution in [3.63, 3.8) is 0 Å². The van der Waals surface area contributed by atoms with E-state index in [1.807, 2.05) is 37.2 Å². The lowest BCUT2D eigenvalue weighted by Gasteiger charge is -2.18. The number of benzene rings is 1. The number of nitrogens with one attached hydrogen (secondary N) is 2. The molecule has 4 nitrogen and oxygen atoms in total. The Labute approximate surface area is 116 Å². The third-order valence-electron chi connectivity index (χ3n) is 3.01. The van der Waals surface area contributed by atoms with E-state index in [9.17, 15) is 4.79 Å². The predicted octanol–water partition coefficient (Wildman–Crippen LogP) is 1.90. The van der Waals surface area contributed by atoms with Gasteiger partial charge < -0.3 is 10.6 Å². The lowest BCUT2D eigenvalue weighted by atomic mass is 10.0. The van der Waals surface area contributed by atoms with E-state index < -0.39 is 0 Å². The van der Waals surface area contributed by atoms with E-state index in [0.717, 1.165) is 18.8 Å². The number of rotatable bonds is 7. The van der Waals surface area contributed by atoms with Gasteiger partial charge in [0, 0.05) is 18.8 Å². The van der Waals surface area contributed by atoms with Crippen LogP contribution in [-0.2, 0) is 4.79 Å². The number of anilines is 1. The number of carbonyl (C=O) groups excluding carboxylic acids is 1. The fourth-order valence-corrected chi connectivity index (χ4v) is 1.93. The van der Waals surface area contributed by atoms with Gasteiger partial charge in [-0.05, 0) is 31.6 Å². The van der Waals surface area contributed by atoms with Crippen LogP contribution in [-0.4, -0.2) is 44.5 Å². The van der Waals surface area contributed by atoms with Crippen LogP contribution in [0.15, 0.2) is 24.3 Å². The van der Waals surface area contributed by atoms with Gasteiger partial charge in [-0.1, -0.05) is 32.0 Å². The van der Waals surface area contributed by atoms with Gasteiger partial charge in [-0.3, -0.25) is 9.69 Å². The second kappa shape index (κ2) is 7.92. The number of carbonyl (C=O) groups is 1. The molecule has 0 saturated heterocycles. The highest BCUT2D eigenvalue weighted by Gasteiger charge is 2.10. The van der Waals surface area contributed by atoms with Crippen LogP contribution in [0.25, 0.3) is 0 Å². The average Bonchev–Trinajstić information content (AvgIpc) is 2.36. The molecule has 106 valence electrons. The molecule has 0 fully saturated rings. The fraction of sp³-hybridized carbons (Fsp3) is 0.533. The Morgan fingerprint density at radius 1 is 1.32 bits per heavy atom. The quantitative estimate of drug-likeness (QED) is 0.789. The Kier molecular flexibility index (Phi) is 6.53.